The highest BCUT2D eigenvalue weighted by atomic mass is 35.5. The number of carbonyl (C=O) groups is 1. The molecule has 2 aromatic rings. The highest BCUT2D eigenvalue weighted by Gasteiger charge is 2.34. The standard InChI is InChI=1S/C18H17ClN4O4S/c1-3-28(26,27)14-7-8-16(24)15(10-14)20-21-17-11(2)22-23(18(17)25)13-6-4-5-12(19)9-13/h4-10,17,24H,3H2,1-2H3. The summed E-state index contributed by atoms with van der Waals surface area (Å²) in [6, 6.07) is 9.42. The molecule has 1 heterocycles. The summed E-state index contributed by atoms with van der Waals surface area (Å²) >= 11 is 5.96. The van der Waals surface area contributed by atoms with Crippen LogP contribution in [0.15, 0.2) is 62.7 Å². The number of aromatic hydroxyl groups is 1. The van der Waals surface area contributed by atoms with Crippen LogP contribution in [0, 0.1) is 0 Å². The predicted octanol–water partition coefficient (Wildman–Crippen LogP) is 3.71. The molecule has 0 saturated carbocycles. The summed E-state index contributed by atoms with van der Waals surface area (Å²) in [6.45, 7) is 3.15. The van der Waals surface area contributed by atoms with Gasteiger partial charge in [0, 0.05) is 5.02 Å². The number of phenols is 1. The van der Waals surface area contributed by atoms with Gasteiger partial charge in [0.25, 0.3) is 5.91 Å². The summed E-state index contributed by atoms with van der Waals surface area (Å²) in [5.41, 5.74) is 0.857. The van der Waals surface area contributed by atoms with Crippen LogP contribution in [0.5, 0.6) is 5.75 Å². The van der Waals surface area contributed by atoms with E-state index in [1.54, 1.807) is 31.2 Å². The van der Waals surface area contributed by atoms with Crippen molar-refractivity contribution in [2.45, 2.75) is 24.8 Å². The second kappa shape index (κ2) is 7.69. The molecule has 1 aliphatic heterocycles. The second-order valence-electron chi connectivity index (χ2n) is 6.04. The Morgan fingerprint density at radius 3 is 2.68 bits per heavy atom. The monoisotopic (exact) mass is 420 g/mol. The zero-order valence-electron chi connectivity index (χ0n) is 15.1. The van der Waals surface area contributed by atoms with Crippen LogP contribution in [-0.4, -0.2) is 36.9 Å². The maximum Gasteiger partial charge on any atom is 0.280 e. The lowest BCUT2D eigenvalue weighted by Crippen LogP contribution is -2.29. The van der Waals surface area contributed by atoms with Crippen molar-refractivity contribution in [1.82, 2.24) is 0 Å². The van der Waals surface area contributed by atoms with Crippen LogP contribution in [0.3, 0.4) is 0 Å². The lowest BCUT2D eigenvalue weighted by molar-refractivity contribution is -0.117. The Hall–Kier alpha value is -2.78. The van der Waals surface area contributed by atoms with Gasteiger partial charge in [0.1, 0.15) is 11.4 Å². The molecule has 0 saturated heterocycles. The summed E-state index contributed by atoms with van der Waals surface area (Å²) in [4.78, 5) is 12.7. The van der Waals surface area contributed by atoms with Gasteiger partial charge in [-0.1, -0.05) is 24.6 Å². The number of benzene rings is 2. The maximum atomic E-state index is 12.7. The van der Waals surface area contributed by atoms with E-state index in [4.69, 9.17) is 11.6 Å². The molecule has 1 amide bonds. The first-order chi connectivity index (χ1) is 13.2. The number of carbonyl (C=O) groups excluding carboxylic acids is 1. The number of anilines is 1. The number of hydrogen-bond acceptors (Lipinski definition) is 7. The third-order valence-corrected chi connectivity index (χ3v) is 6.08. The summed E-state index contributed by atoms with van der Waals surface area (Å²) < 4.78 is 24.0. The first kappa shape index (κ1) is 20.0. The molecule has 10 heteroatoms. The van der Waals surface area contributed by atoms with Crippen LogP contribution >= 0.6 is 11.6 Å². The fourth-order valence-corrected chi connectivity index (χ4v) is 3.63. The van der Waals surface area contributed by atoms with Gasteiger partial charge in [-0.15, -0.1) is 0 Å². The van der Waals surface area contributed by atoms with E-state index in [-0.39, 0.29) is 22.1 Å². The molecule has 1 unspecified atom stereocenters. The number of amides is 1. The SMILES string of the molecule is CCS(=O)(=O)c1ccc(O)c(N=NC2C(=O)N(c3cccc(Cl)c3)N=C2C)c1. The van der Waals surface area contributed by atoms with Crippen LogP contribution in [0.1, 0.15) is 13.8 Å². The largest absolute Gasteiger partial charge is 0.506 e. The van der Waals surface area contributed by atoms with Crippen LogP contribution in [0.2, 0.25) is 5.02 Å². The van der Waals surface area contributed by atoms with Crippen LogP contribution in [0.25, 0.3) is 0 Å². The van der Waals surface area contributed by atoms with Crippen molar-refractivity contribution in [3.8, 4) is 5.75 Å². The zero-order valence-corrected chi connectivity index (χ0v) is 16.6. The lowest BCUT2D eigenvalue weighted by Gasteiger charge is -2.12. The third-order valence-electron chi connectivity index (χ3n) is 4.12. The van der Waals surface area contributed by atoms with Crippen molar-refractivity contribution in [3.05, 3.63) is 47.5 Å². The minimum Gasteiger partial charge on any atom is -0.506 e. The highest BCUT2D eigenvalue weighted by Crippen LogP contribution is 2.31. The molecule has 0 radical (unpaired) electrons. The topological polar surface area (TPSA) is 112 Å². The molecule has 0 spiro atoms. The molecule has 146 valence electrons. The molecule has 2 aromatic carbocycles. The fraction of sp³-hybridized carbons (Fsp3) is 0.222. The van der Waals surface area contributed by atoms with Gasteiger partial charge in [0.15, 0.2) is 15.9 Å². The number of nitrogens with zero attached hydrogens (tertiary/aromatic N) is 4. The van der Waals surface area contributed by atoms with Crippen molar-refractivity contribution >= 4 is 44.4 Å². The first-order valence-electron chi connectivity index (χ1n) is 8.34. The van der Waals surface area contributed by atoms with Gasteiger partial charge >= 0.3 is 0 Å². The summed E-state index contributed by atoms with van der Waals surface area (Å²) in [5, 5.41) is 23.7. The number of hydrogen-bond donors (Lipinski definition) is 1. The van der Waals surface area contributed by atoms with E-state index in [0.29, 0.717) is 16.4 Å². The number of sulfone groups is 1. The van der Waals surface area contributed by atoms with E-state index < -0.39 is 21.8 Å². The van der Waals surface area contributed by atoms with Gasteiger partial charge in [-0.25, -0.2) is 8.42 Å². The van der Waals surface area contributed by atoms with E-state index in [1.807, 2.05) is 0 Å². The zero-order chi connectivity index (χ0) is 20.5. The molecule has 1 atom stereocenters. The molecular formula is C18H17ClN4O4S. The van der Waals surface area contributed by atoms with Gasteiger partial charge < -0.3 is 5.11 Å². The maximum absolute atomic E-state index is 12.7. The average molecular weight is 421 g/mol. The van der Waals surface area contributed by atoms with Gasteiger partial charge in [-0.2, -0.15) is 20.3 Å². The van der Waals surface area contributed by atoms with Crippen molar-refractivity contribution in [2.75, 3.05) is 10.8 Å². The lowest BCUT2D eigenvalue weighted by atomic mass is 10.2. The molecule has 1 aliphatic rings. The van der Waals surface area contributed by atoms with Crippen LogP contribution < -0.4 is 5.01 Å². The van der Waals surface area contributed by atoms with Crippen LogP contribution in [0.4, 0.5) is 11.4 Å². The second-order valence-corrected chi connectivity index (χ2v) is 8.76. The number of halogens is 1. The summed E-state index contributed by atoms with van der Waals surface area (Å²) in [5.74, 6) is -0.763. The molecule has 8 nitrogen and oxygen atoms in total. The molecular weight excluding hydrogens is 404 g/mol. The van der Waals surface area contributed by atoms with Crippen molar-refractivity contribution < 1.29 is 18.3 Å². The fourth-order valence-electron chi connectivity index (χ4n) is 2.55. The molecule has 1 N–H and O–H groups in total. The number of azo groups is 1. The van der Waals surface area contributed by atoms with Gasteiger partial charge in [0.2, 0.25) is 0 Å². The first-order valence-corrected chi connectivity index (χ1v) is 10.4. The molecule has 0 aliphatic carbocycles. The Balaban J connectivity index is 1.88. The van der Waals surface area contributed by atoms with Crippen molar-refractivity contribution in [1.29, 1.82) is 0 Å². The van der Waals surface area contributed by atoms with E-state index in [1.165, 1.54) is 30.1 Å². The molecule has 0 fully saturated rings. The highest BCUT2D eigenvalue weighted by molar-refractivity contribution is 7.91. The number of hydrazone groups is 1. The Labute approximate surface area is 167 Å². The summed E-state index contributed by atoms with van der Waals surface area (Å²) in [7, 11) is -3.47. The number of phenolic OH excluding ortho intramolecular Hbond substituents is 1. The molecule has 28 heavy (non-hydrogen) atoms. The average Bonchev–Trinajstić information content (AvgIpc) is 2.95. The molecule has 0 bridgehead atoms. The van der Waals surface area contributed by atoms with Gasteiger partial charge in [-0.05, 0) is 43.3 Å². The van der Waals surface area contributed by atoms with E-state index >= 15 is 0 Å². The van der Waals surface area contributed by atoms with E-state index in [0.717, 1.165) is 0 Å². The Bertz CT molecular complexity index is 1100. The third kappa shape index (κ3) is 3.90. The van der Waals surface area contributed by atoms with E-state index in [2.05, 4.69) is 15.3 Å². The quantitative estimate of drug-likeness (QED) is 0.743. The minimum atomic E-state index is -3.47. The summed E-state index contributed by atoms with van der Waals surface area (Å²) in [6.07, 6.45) is 0. The van der Waals surface area contributed by atoms with Crippen molar-refractivity contribution in [2.24, 2.45) is 15.3 Å². The van der Waals surface area contributed by atoms with Gasteiger partial charge in [-0.3, -0.25) is 4.79 Å². The smallest absolute Gasteiger partial charge is 0.280 e. The van der Waals surface area contributed by atoms with E-state index in [9.17, 15) is 18.3 Å². The molecule has 3 rings (SSSR count). The normalized spacial score (nSPS) is 17.4. The Kier molecular flexibility index (Phi) is 5.48. The predicted molar refractivity (Wildman–Crippen MR) is 106 cm³/mol. The van der Waals surface area contributed by atoms with Crippen LogP contribution in [-0.2, 0) is 14.6 Å². The Morgan fingerprint density at radius 2 is 2.00 bits per heavy atom. The number of rotatable bonds is 5. The van der Waals surface area contributed by atoms with Crippen molar-refractivity contribution in [3.63, 3.8) is 0 Å². The molecule has 0 aromatic heterocycles. The van der Waals surface area contributed by atoms with Gasteiger partial charge in [0.05, 0.1) is 22.0 Å². The Morgan fingerprint density at radius 1 is 1.25 bits per heavy atom. The minimum absolute atomic E-state index is 0.0189.